The fourth-order valence-corrected chi connectivity index (χ4v) is 2.21. The molecule has 0 aliphatic carbocycles. The van der Waals surface area contributed by atoms with E-state index in [0.717, 1.165) is 25.9 Å². The second kappa shape index (κ2) is 5.35. The van der Waals surface area contributed by atoms with Gasteiger partial charge in [0.15, 0.2) is 0 Å². The van der Waals surface area contributed by atoms with Gasteiger partial charge in [-0.3, -0.25) is 4.79 Å². The van der Waals surface area contributed by atoms with Gasteiger partial charge in [-0.1, -0.05) is 55.3 Å². The minimum Gasteiger partial charge on any atom is -0.338 e. The Labute approximate surface area is 107 Å². The van der Waals surface area contributed by atoms with Crippen LogP contribution in [0.25, 0.3) is 0 Å². The maximum absolute atomic E-state index is 11.9. The van der Waals surface area contributed by atoms with Crippen molar-refractivity contribution in [2.75, 3.05) is 13.1 Å². The molecule has 0 bridgehead atoms. The molecule has 92 valence electrons. The number of carbonyl (C=O) groups is 1. The molecule has 0 aromatic carbocycles. The minimum absolute atomic E-state index is 0.0166. The van der Waals surface area contributed by atoms with Crippen molar-refractivity contribution in [3.63, 3.8) is 0 Å². The number of halogens is 1. The number of amides is 1. The highest BCUT2D eigenvalue weighted by molar-refractivity contribution is 9.10. The van der Waals surface area contributed by atoms with E-state index < -0.39 is 0 Å². The van der Waals surface area contributed by atoms with Crippen LogP contribution in [0, 0.1) is 5.41 Å². The number of carbonyl (C=O) groups excluding carboxylic acids is 1. The SMILES string of the molecule is CCC(Br)C(=O)N1CC=C(C(C)(C)C)CC1. The van der Waals surface area contributed by atoms with Gasteiger partial charge in [-0.25, -0.2) is 0 Å². The zero-order valence-electron chi connectivity index (χ0n) is 10.7. The lowest BCUT2D eigenvalue weighted by molar-refractivity contribution is -0.130. The third-order valence-electron chi connectivity index (χ3n) is 3.11. The maximum Gasteiger partial charge on any atom is 0.236 e. The first kappa shape index (κ1) is 13.8. The summed E-state index contributed by atoms with van der Waals surface area (Å²) in [5, 5.41) is 0. The molecule has 0 spiro atoms. The molecule has 1 atom stereocenters. The van der Waals surface area contributed by atoms with Gasteiger partial charge in [0.05, 0.1) is 4.83 Å². The summed E-state index contributed by atoms with van der Waals surface area (Å²) in [6, 6.07) is 0. The zero-order valence-corrected chi connectivity index (χ0v) is 12.3. The molecule has 1 unspecified atom stereocenters. The second-order valence-corrected chi connectivity index (χ2v) is 6.49. The van der Waals surface area contributed by atoms with Gasteiger partial charge < -0.3 is 4.90 Å². The van der Waals surface area contributed by atoms with Crippen LogP contribution in [0.1, 0.15) is 40.5 Å². The highest BCUT2D eigenvalue weighted by Crippen LogP contribution is 2.30. The smallest absolute Gasteiger partial charge is 0.236 e. The molecule has 0 N–H and O–H groups in total. The second-order valence-electron chi connectivity index (χ2n) is 5.39. The van der Waals surface area contributed by atoms with Crippen molar-refractivity contribution in [2.24, 2.45) is 5.41 Å². The molecule has 1 amide bonds. The lowest BCUT2D eigenvalue weighted by Gasteiger charge is -2.33. The zero-order chi connectivity index (χ0) is 12.3. The van der Waals surface area contributed by atoms with Gasteiger partial charge in [0.2, 0.25) is 5.91 Å². The Morgan fingerprint density at radius 3 is 2.56 bits per heavy atom. The summed E-state index contributed by atoms with van der Waals surface area (Å²) in [5.41, 5.74) is 1.72. The van der Waals surface area contributed by atoms with Gasteiger partial charge in [0.1, 0.15) is 0 Å². The minimum atomic E-state index is -0.0166. The molecule has 0 fully saturated rings. The molecular weight excluding hydrogens is 266 g/mol. The van der Waals surface area contributed by atoms with E-state index in [-0.39, 0.29) is 16.1 Å². The van der Waals surface area contributed by atoms with Gasteiger partial charge in [-0.2, -0.15) is 0 Å². The quantitative estimate of drug-likeness (QED) is 0.563. The molecular formula is C13H22BrNO. The summed E-state index contributed by atoms with van der Waals surface area (Å²) in [6.07, 6.45) is 4.08. The van der Waals surface area contributed by atoms with Crippen molar-refractivity contribution in [1.29, 1.82) is 0 Å². The van der Waals surface area contributed by atoms with Gasteiger partial charge in [0.25, 0.3) is 0 Å². The number of hydrogen-bond donors (Lipinski definition) is 0. The molecule has 1 aliphatic rings. The summed E-state index contributed by atoms with van der Waals surface area (Å²) < 4.78 is 0. The van der Waals surface area contributed by atoms with Gasteiger partial charge in [-0.05, 0) is 18.3 Å². The molecule has 1 aliphatic heterocycles. The summed E-state index contributed by atoms with van der Waals surface area (Å²) in [5.74, 6) is 0.228. The number of alkyl halides is 1. The third kappa shape index (κ3) is 3.34. The number of rotatable bonds is 2. The Balaban J connectivity index is 2.61. The van der Waals surface area contributed by atoms with Crippen LogP contribution in [-0.2, 0) is 4.79 Å². The van der Waals surface area contributed by atoms with Crippen molar-refractivity contribution in [3.05, 3.63) is 11.6 Å². The highest BCUT2D eigenvalue weighted by atomic mass is 79.9. The largest absolute Gasteiger partial charge is 0.338 e. The Hall–Kier alpha value is -0.310. The predicted octanol–water partition coefficient (Wildman–Crippen LogP) is 3.36. The van der Waals surface area contributed by atoms with E-state index >= 15 is 0 Å². The topological polar surface area (TPSA) is 20.3 Å². The van der Waals surface area contributed by atoms with E-state index in [2.05, 4.69) is 42.8 Å². The van der Waals surface area contributed by atoms with Crippen molar-refractivity contribution >= 4 is 21.8 Å². The lowest BCUT2D eigenvalue weighted by atomic mass is 9.83. The third-order valence-corrected chi connectivity index (χ3v) is 4.15. The lowest BCUT2D eigenvalue weighted by Crippen LogP contribution is -2.40. The van der Waals surface area contributed by atoms with Crippen LogP contribution in [0.5, 0.6) is 0 Å². The molecule has 0 radical (unpaired) electrons. The van der Waals surface area contributed by atoms with Crippen LogP contribution in [0.3, 0.4) is 0 Å². The van der Waals surface area contributed by atoms with Crippen LogP contribution in [0.2, 0.25) is 0 Å². The summed E-state index contributed by atoms with van der Waals surface area (Å²) in [4.78, 5) is 13.9. The van der Waals surface area contributed by atoms with Crippen LogP contribution in [0.15, 0.2) is 11.6 Å². The molecule has 1 heterocycles. The monoisotopic (exact) mass is 287 g/mol. The van der Waals surface area contributed by atoms with Crippen LogP contribution >= 0.6 is 15.9 Å². The molecule has 2 nitrogen and oxygen atoms in total. The van der Waals surface area contributed by atoms with E-state index in [9.17, 15) is 4.79 Å². The molecule has 16 heavy (non-hydrogen) atoms. The summed E-state index contributed by atoms with van der Waals surface area (Å²) in [6.45, 7) is 10.4. The van der Waals surface area contributed by atoms with Gasteiger partial charge in [0, 0.05) is 13.1 Å². The molecule has 0 saturated heterocycles. The molecule has 1 rings (SSSR count). The highest BCUT2D eigenvalue weighted by Gasteiger charge is 2.25. The molecule has 0 aromatic heterocycles. The standard InChI is InChI=1S/C13H22BrNO/c1-5-11(14)12(16)15-8-6-10(7-9-15)13(2,3)4/h6,11H,5,7-9H2,1-4H3. The van der Waals surface area contributed by atoms with E-state index in [1.54, 1.807) is 0 Å². The van der Waals surface area contributed by atoms with Crippen LogP contribution in [-0.4, -0.2) is 28.7 Å². The van der Waals surface area contributed by atoms with Crippen LogP contribution in [0.4, 0.5) is 0 Å². The number of nitrogens with zero attached hydrogens (tertiary/aromatic N) is 1. The average molecular weight is 288 g/mol. The van der Waals surface area contributed by atoms with Crippen molar-refractivity contribution in [3.8, 4) is 0 Å². The Bertz CT molecular complexity index is 291. The first-order valence-electron chi connectivity index (χ1n) is 5.98. The van der Waals surface area contributed by atoms with E-state index in [4.69, 9.17) is 0 Å². The van der Waals surface area contributed by atoms with E-state index in [0.29, 0.717) is 0 Å². The van der Waals surface area contributed by atoms with Crippen molar-refractivity contribution < 1.29 is 4.79 Å². The fraction of sp³-hybridized carbons (Fsp3) is 0.769. The first-order valence-corrected chi connectivity index (χ1v) is 6.90. The molecule has 3 heteroatoms. The average Bonchev–Trinajstić information content (AvgIpc) is 2.26. The van der Waals surface area contributed by atoms with Gasteiger partial charge in [-0.15, -0.1) is 0 Å². The normalized spacial score (nSPS) is 19.3. The molecule has 0 aromatic rings. The van der Waals surface area contributed by atoms with Gasteiger partial charge >= 0.3 is 0 Å². The number of hydrogen-bond acceptors (Lipinski definition) is 1. The van der Waals surface area contributed by atoms with Crippen molar-refractivity contribution in [1.82, 2.24) is 4.90 Å². The summed E-state index contributed by atoms with van der Waals surface area (Å²) in [7, 11) is 0. The van der Waals surface area contributed by atoms with Crippen LogP contribution < -0.4 is 0 Å². The van der Waals surface area contributed by atoms with E-state index in [1.165, 1.54) is 5.57 Å². The summed E-state index contributed by atoms with van der Waals surface area (Å²) >= 11 is 3.42. The maximum atomic E-state index is 11.9. The van der Waals surface area contributed by atoms with Crippen molar-refractivity contribution in [2.45, 2.75) is 45.4 Å². The Morgan fingerprint density at radius 1 is 1.56 bits per heavy atom. The first-order chi connectivity index (χ1) is 7.36. The van der Waals surface area contributed by atoms with E-state index in [1.807, 2.05) is 11.8 Å². The fourth-order valence-electron chi connectivity index (χ4n) is 1.92. The Kier molecular flexibility index (Phi) is 4.60. The molecule has 0 saturated carbocycles. The predicted molar refractivity (Wildman–Crippen MR) is 71.7 cm³/mol. The Morgan fingerprint density at radius 2 is 2.19 bits per heavy atom.